The van der Waals surface area contributed by atoms with Crippen LogP contribution in [0.4, 0.5) is 5.95 Å². The van der Waals surface area contributed by atoms with Crippen LogP contribution in [0.25, 0.3) is 10.9 Å². The van der Waals surface area contributed by atoms with Gasteiger partial charge in [-0.25, -0.2) is 9.97 Å². The summed E-state index contributed by atoms with van der Waals surface area (Å²) in [4.78, 5) is 29.2. The lowest BCUT2D eigenvalue weighted by molar-refractivity contribution is -0.121. The third-order valence-electron chi connectivity index (χ3n) is 5.23. The molecule has 9 heteroatoms. The first-order valence-electron chi connectivity index (χ1n) is 11.3. The number of carbonyl (C=O) groups excluding carboxylic acids is 1. The summed E-state index contributed by atoms with van der Waals surface area (Å²) in [5.74, 6) is 1.54. The van der Waals surface area contributed by atoms with Crippen molar-refractivity contribution < 1.29 is 14.3 Å². The van der Waals surface area contributed by atoms with E-state index in [-0.39, 0.29) is 18.5 Å². The summed E-state index contributed by atoms with van der Waals surface area (Å²) >= 11 is 0. The standard InChI is InChI=1S/C26H28N6O3/c1-17-14-18(2)30-26(29-17)32-25(27-13-12-19-15-28-23-7-5-4-6-22(19)23)31-24(33)16-35-21-10-8-20(34-3)9-11-21/h4-11,14-15,28H,12-13,16H2,1-3H3,(H2,27,29,30,31,32,33). The second-order valence-electron chi connectivity index (χ2n) is 7.95. The summed E-state index contributed by atoms with van der Waals surface area (Å²) in [5.41, 5.74) is 3.86. The van der Waals surface area contributed by atoms with Gasteiger partial charge in [0, 0.05) is 35.0 Å². The largest absolute Gasteiger partial charge is 0.497 e. The van der Waals surface area contributed by atoms with E-state index in [0.717, 1.165) is 27.9 Å². The fraction of sp³-hybridized carbons (Fsp3) is 0.231. The van der Waals surface area contributed by atoms with Crippen LogP contribution in [-0.2, 0) is 11.2 Å². The molecule has 4 rings (SSSR count). The molecule has 0 bridgehead atoms. The zero-order chi connectivity index (χ0) is 24.6. The number of fused-ring (bicyclic) bond motifs is 1. The van der Waals surface area contributed by atoms with E-state index in [2.05, 4.69) is 36.6 Å². The number of hydrogen-bond acceptors (Lipinski definition) is 6. The Morgan fingerprint density at radius 1 is 1.03 bits per heavy atom. The molecule has 0 aliphatic heterocycles. The Bertz CT molecular complexity index is 1310. The topological polar surface area (TPSA) is 114 Å². The van der Waals surface area contributed by atoms with Crippen molar-refractivity contribution in [3.8, 4) is 11.5 Å². The highest BCUT2D eigenvalue weighted by Gasteiger charge is 2.11. The molecule has 0 aliphatic carbocycles. The molecule has 2 heterocycles. The molecule has 0 saturated carbocycles. The summed E-state index contributed by atoms with van der Waals surface area (Å²) in [6.45, 7) is 4.04. The predicted octanol–water partition coefficient (Wildman–Crippen LogP) is 3.79. The highest BCUT2D eigenvalue weighted by molar-refractivity contribution is 6.03. The number of amides is 1. The number of benzene rings is 2. The van der Waals surface area contributed by atoms with Crippen molar-refractivity contribution in [3.05, 3.63) is 77.7 Å². The number of anilines is 1. The van der Waals surface area contributed by atoms with Gasteiger partial charge in [-0.1, -0.05) is 18.2 Å². The Kier molecular flexibility index (Phi) is 7.57. The van der Waals surface area contributed by atoms with Crippen molar-refractivity contribution in [1.29, 1.82) is 0 Å². The number of aryl methyl sites for hydroxylation is 2. The second-order valence-corrected chi connectivity index (χ2v) is 7.95. The summed E-state index contributed by atoms with van der Waals surface area (Å²) in [6, 6.07) is 17.0. The van der Waals surface area contributed by atoms with Crippen LogP contribution in [0.5, 0.6) is 11.5 Å². The number of aliphatic imine (C=N–C) groups is 1. The highest BCUT2D eigenvalue weighted by Crippen LogP contribution is 2.18. The van der Waals surface area contributed by atoms with Gasteiger partial charge in [0.25, 0.3) is 5.91 Å². The van der Waals surface area contributed by atoms with Gasteiger partial charge in [-0.2, -0.15) is 0 Å². The summed E-state index contributed by atoms with van der Waals surface area (Å²) < 4.78 is 10.7. The molecule has 0 unspecified atom stereocenters. The molecule has 2 aromatic heterocycles. The first-order valence-corrected chi connectivity index (χ1v) is 11.3. The van der Waals surface area contributed by atoms with E-state index in [9.17, 15) is 4.79 Å². The fourth-order valence-corrected chi connectivity index (χ4v) is 3.61. The van der Waals surface area contributed by atoms with Gasteiger partial charge in [-0.05, 0) is 62.2 Å². The van der Waals surface area contributed by atoms with Gasteiger partial charge >= 0.3 is 0 Å². The molecule has 0 fully saturated rings. The molecule has 180 valence electrons. The number of nitrogens with zero attached hydrogens (tertiary/aromatic N) is 3. The lowest BCUT2D eigenvalue weighted by Crippen LogP contribution is -2.39. The third-order valence-corrected chi connectivity index (χ3v) is 5.23. The Labute approximate surface area is 203 Å². The average molecular weight is 473 g/mol. The van der Waals surface area contributed by atoms with Crippen molar-refractivity contribution >= 4 is 28.7 Å². The molecule has 0 aliphatic rings. The van der Waals surface area contributed by atoms with Crippen LogP contribution in [0, 0.1) is 13.8 Å². The van der Waals surface area contributed by atoms with Crippen molar-refractivity contribution in [2.24, 2.45) is 4.99 Å². The molecule has 1 amide bonds. The SMILES string of the molecule is COc1ccc(OCC(=O)NC(=NCCc2c[nH]c3ccccc23)Nc2nc(C)cc(C)n2)cc1. The minimum Gasteiger partial charge on any atom is -0.497 e. The van der Waals surface area contributed by atoms with E-state index in [1.54, 1.807) is 31.4 Å². The second kappa shape index (κ2) is 11.1. The van der Waals surface area contributed by atoms with Gasteiger partial charge < -0.3 is 14.5 Å². The smallest absolute Gasteiger partial charge is 0.264 e. The molecular formula is C26H28N6O3. The average Bonchev–Trinajstić information content (AvgIpc) is 3.25. The zero-order valence-corrected chi connectivity index (χ0v) is 20.0. The molecular weight excluding hydrogens is 444 g/mol. The van der Waals surface area contributed by atoms with Crippen LogP contribution in [-0.4, -0.2) is 47.1 Å². The van der Waals surface area contributed by atoms with Crippen LogP contribution < -0.4 is 20.1 Å². The highest BCUT2D eigenvalue weighted by atomic mass is 16.5. The Balaban J connectivity index is 1.43. The molecule has 3 N–H and O–H groups in total. The number of hydrogen-bond donors (Lipinski definition) is 3. The summed E-state index contributed by atoms with van der Waals surface area (Å²) in [7, 11) is 1.59. The van der Waals surface area contributed by atoms with E-state index in [0.29, 0.717) is 30.4 Å². The molecule has 4 aromatic rings. The number of ether oxygens (including phenoxy) is 2. The van der Waals surface area contributed by atoms with E-state index < -0.39 is 0 Å². The molecule has 9 nitrogen and oxygen atoms in total. The number of nitrogens with one attached hydrogen (secondary N) is 3. The van der Waals surface area contributed by atoms with Crippen LogP contribution in [0.3, 0.4) is 0 Å². The maximum atomic E-state index is 12.6. The first kappa shape index (κ1) is 23.7. The van der Waals surface area contributed by atoms with E-state index >= 15 is 0 Å². The van der Waals surface area contributed by atoms with Crippen LogP contribution in [0.2, 0.25) is 0 Å². The zero-order valence-electron chi connectivity index (χ0n) is 20.0. The van der Waals surface area contributed by atoms with Gasteiger partial charge in [-0.15, -0.1) is 0 Å². The third kappa shape index (κ3) is 6.57. The number of aromatic amines is 1. The van der Waals surface area contributed by atoms with E-state index in [4.69, 9.17) is 9.47 Å². The Morgan fingerprint density at radius 2 is 1.74 bits per heavy atom. The number of methoxy groups -OCH3 is 1. The number of aromatic nitrogens is 3. The van der Waals surface area contributed by atoms with Crippen molar-refractivity contribution in [3.63, 3.8) is 0 Å². The fourth-order valence-electron chi connectivity index (χ4n) is 3.61. The molecule has 35 heavy (non-hydrogen) atoms. The number of rotatable bonds is 8. The Hall–Kier alpha value is -4.40. The molecule has 0 radical (unpaired) electrons. The lowest BCUT2D eigenvalue weighted by Gasteiger charge is -2.12. The predicted molar refractivity (Wildman–Crippen MR) is 136 cm³/mol. The van der Waals surface area contributed by atoms with Gasteiger partial charge in [0.05, 0.1) is 7.11 Å². The number of para-hydroxylation sites is 1. The van der Waals surface area contributed by atoms with Crippen molar-refractivity contribution in [2.75, 3.05) is 25.6 Å². The van der Waals surface area contributed by atoms with Crippen molar-refractivity contribution in [2.45, 2.75) is 20.3 Å². The van der Waals surface area contributed by atoms with Crippen molar-refractivity contribution in [1.82, 2.24) is 20.3 Å². The molecule has 0 spiro atoms. The van der Waals surface area contributed by atoms with Crippen LogP contribution >= 0.6 is 0 Å². The minimum absolute atomic E-state index is 0.177. The van der Waals surface area contributed by atoms with Crippen LogP contribution in [0.15, 0.2) is 65.8 Å². The maximum absolute atomic E-state index is 12.6. The lowest BCUT2D eigenvalue weighted by atomic mass is 10.1. The molecule has 0 saturated heterocycles. The van der Waals surface area contributed by atoms with Gasteiger partial charge in [0.15, 0.2) is 6.61 Å². The van der Waals surface area contributed by atoms with Gasteiger partial charge in [0.2, 0.25) is 11.9 Å². The number of guanidine groups is 1. The summed E-state index contributed by atoms with van der Waals surface area (Å²) in [5, 5.41) is 6.97. The molecule has 0 atom stereocenters. The maximum Gasteiger partial charge on any atom is 0.264 e. The Morgan fingerprint density at radius 3 is 2.49 bits per heavy atom. The van der Waals surface area contributed by atoms with Gasteiger partial charge in [-0.3, -0.25) is 20.4 Å². The number of carbonyl (C=O) groups is 1. The number of H-pyrrole nitrogens is 1. The monoisotopic (exact) mass is 472 g/mol. The normalized spacial score (nSPS) is 11.3. The van der Waals surface area contributed by atoms with Gasteiger partial charge in [0.1, 0.15) is 11.5 Å². The van der Waals surface area contributed by atoms with Crippen LogP contribution in [0.1, 0.15) is 17.0 Å². The summed E-state index contributed by atoms with van der Waals surface area (Å²) in [6.07, 6.45) is 2.68. The quantitative estimate of drug-likeness (QED) is 0.266. The first-order chi connectivity index (χ1) is 17.0. The van der Waals surface area contributed by atoms with E-state index in [1.807, 2.05) is 44.3 Å². The molecule has 2 aromatic carbocycles. The van der Waals surface area contributed by atoms with E-state index in [1.165, 1.54) is 0 Å². The minimum atomic E-state index is -0.358.